The summed E-state index contributed by atoms with van der Waals surface area (Å²) in [6.07, 6.45) is 3.12. The number of hydrogen-bond donors (Lipinski definition) is 0. The van der Waals surface area contributed by atoms with Crippen LogP contribution in [0.5, 0.6) is 5.75 Å². The van der Waals surface area contributed by atoms with Gasteiger partial charge in [0.2, 0.25) is 0 Å². The molecule has 0 N–H and O–H groups in total. The Hall–Kier alpha value is -3.41. The Kier molecular flexibility index (Phi) is 4.16. The van der Waals surface area contributed by atoms with E-state index in [9.17, 15) is 4.79 Å². The summed E-state index contributed by atoms with van der Waals surface area (Å²) in [5.74, 6) is 0.180. The zero-order valence-electron chi connectivity index (χ0n) is 15.2. The van der Waals surface area contributed by atoms with Crippen molar-refractivity contribution in [2.24, 2.45) is 5.92 Å². The molecule has 0 saturated carbocycles. The largest absolute Gasteiger partial charge is 0.424 e. The molecule has 0 aliphatic carbocycles. The minimum Gasteiger partial charge on any atom is -0.424 e. The molecule has 28 heavy (non-hydrogen) atoms. The predicted molar refractivity (Wildman–Crippen MR) is 106 cm³/mol. The van der Waals surface area contributed by atoms with Gasteiger partial charge in [-0.2, -0.15) is 4.98 Å². The van der Waals surface area contributed by atoms with Gasteiger partial charge in [0.1, 0.15) is 11.0 Å². The number of nitrogens with zero attached hydrogens (tertiary/aromatic N) is 3. The van der Waals surface area contributed by atoms with E-state index in [4.69, 9.17) is 9.15 Å². The van der Waals surface area contributed by atoms with E-state index in [1.807, 2.05) is 48.5 Å². The molecule has 0 radical (unpaired) electrons. The first-order chi connectivity index (χ1) is 13.8. The van der Waals surface area contributed by atoms with E-state index in [1.54, 1.807) is 12.3 Å². The maximum Gasteiger partial charge on any atom is 0.314 e. The van der Waals surface area contributed by atoms with Crippen molar-refractivity contribution in [2.75, 3.05) is 18.0 Å². The Balaban J connectivity index is 1.26. The molecule has 140 valence electrons. The molecule has 0 unspecified atom stereocenters. The summed E-state index contributed by atoms with van der Waals surface area (Å²) >= 11 is 0. The van der Waals surface area contributed by atoms with E-state index < -0.39 is 0 Å². The van der Waals surface area contributed by atoms with Crippen molar-refractivity contribution in [3.63, 3.8) is 0 Å². The molecule has 3 heterocycles. The lowest BCUT2D eigenvalue weighted by Gasteiger charge is -2.29. The molecule has 6 nitrogen and oxygen atoms in total. The lowest BCUT2D eigenvalue weighted by atomic mass is 9.97. The zero-order valence-corrected chi connectivity index (χ0v) is 15.2. The van der Waals surface area contributed by atoms with Crippen molar-refractivity contribution in [3.8, 4) is 5.75 Å². The fraction of sp³-hybridized carbons (Fsp3) is 0.227. The fourth-order valence-electron chi connectivity index (χ4n) is 3.65. The average molecular weight is 373 g/mol. The molecular formula is C22H19N3O3. The minimum atomic E-state index is -0.199. The molecule has 0 amide bonds. The first-order valence-corrected chi connectivity index (χ1v) is 9.44. The number of fused-ring (bicyclic) bond motifs is 2. The number of ether oxygens (including phenoxy) is 1. The van der Waals surface area contributed by atoms with Crippen molar-refractivity contribution < 1.29 is 13.9 Å². The van der Waals surface area contributed by atoms with Crippen molar-refractivity contribution in [3.05, 3.63) is 60.8 Å². The number of aromatic nitrogens is 2. The summed E-state index contributed by atoms with van der Waals surface area (Å²) in [5, 5.41) is 0.957. The van der Waals surface area contributed by atoms with Gasteiger partial charge in [-0.3, -0.25) is 9.78 Å². The van der Waals surface area contributed by atoms with Crippen LogP contribution < -0.4 is 9.64 Å². The van der Waals surface area contributed by atoms with Gasteiger partial charge < -0.3 is 14.1 Å². The van der Waals surface area contributed by atoms with Crippen LogP contribution in [0.4, 0.5) is 6.01 Å². The summed E-state index contributed by atoms with van der Waals surface area (Å²) in [6, 6.07) is 17.8. The smallest absolute Gasteiger partial charge is 0.314 e. The van der Waals surface area contributed by atoms with Gasteiger partial charge in [0.25, 0.3) is 6.01 Å². The molecule has 1 aliphatic heterocycles. The van der Waals surface area contributed by atoms with Crippen LogP contribution in [-0.4, -0.2) is 29.0 Å². The van der Waals surface area contributed by atoms with E-state index in [1.165, 1.54) is 0 Å². The average Bonchev–Trinajstić information content (AvgIpc) is 3.18. The molecule has 6 heteroatoms. The van der Waals surface area contributed by atoms with Crippen LogP contribution >= 0.6 is 0 Å². The van der Waals surface area contributed by atoms with Crippen molar-refractivity contribution >= 4 is 34.0 Å². The van der Waals surface area contributed by atoms with E-state index in [-0.39, 0.29) is 11.9 Å². The summed E-state index contributed by atoms with van der Waals surface area (Å²) in [4.78, 5) is 23.7. The summed E-state index contributed by atoms with van der Waals surface area (Å²) in [5.41, 5.74) is 2.34. The normalized spacial score (nSPS) is 15.2. The molecule has 2 aromatic carbocycles. The van der Waals surface area contributed by atoms with E-state index in [0.717, 1.165) is 16.5 Å². The number of para-hydroxylation sites is 3. The number of piperidine rings is 1. The SMILES string of the molecule is O=C(Oc1cccc2cccnc12)C1CCN(c2nc3ccccc3o2)CC1. The van der Waals surface area contributed by atoms with E-state index in [0.29, 0.717) is 43.2 Å². The molecule has 0 atom stereocenters. The number of carbonyl (C=O) groups is 1. The summed E-state index contributed by atoms with van der Waals surface area (Å²) in [7, 11) is 0. The first kappa shape index (κ1) is 16.7. The van der Waals surface area contributed by atoms with Crippen LogP contribution in [0, 0.1) is 5.92 Å². The van der Waals surface area contributed by atoms with Gasteiger partial charge in [-0.1, -0.05) is 30.3 Å². The zero-order chi connectivity index (χ0) is 18.9. The molecule has 5 rings (SSSR count). The van der Waals surface area contributed by atoms with Gasteiger partial charge in [0, 0.05) is 24.7 Å². The fourth-order valence-corrected chi connectivity index (χ4v) is 3.65. The van der Waals surface area contributed by atoms with Gasteiger partial charge in [-0.05, 0) is 37.1 Å². The van der Waals surface area contributed by atoms with Crippen LogP contribution in [0.25, 0.3) is 22.0 Å². The topological polar surface area (TPSA) is 68.5 Å². The Morgan fingerprint density at radius 1 is 1.04 bits per heavy atom. The van der Waals surface area contributed by atoms with Crippen molar-refractivity contribution in [1.29, 1.82) is 0 Å². The first-order valence-electron chi connectivity index (χ1n) is 9.44. The number of rotatable bonds is 3. The number of hydrogen-bond acceptors (Lipinski definition) is 6. The number of oxazole rings is 1. The highest BCUT2D eigenvalue weighted by molar-refractivity contribution is 5.87. The number of esters is 1. The van der Waals surface area contributed by atoms with Gasteiger partial charge in [0.05, 0.1) is 5.92 Å². The quantitative estimate of drug-likeness (QED) is 0.396. The number of pyridine rings is 1. The van der Waals surface area contributed by atoms with Crippen LogP contribution in [0.2, 0.25) is 0 Å². The minimum absolute atomic E-state index is 0.139. The van der Waals surface area contributed by atoms with Gasteiger partial charge in [-0.15, -0.1) is 0 Å². The number of carbonyl (C=O) groups excluding carboxylic acids is 1. The highest BCUT2D eigenvalue weighted by Crippen LogP contribution is 2.28. The number of benzene rings is 2. The Labute approximate surface area is 161 Å². The Bertz CT molecular complexity index is 1110. The van der Waals surface area contributed by atoms with Gasteiger partial charge >= 0.3 is 5.97 Å². The lowest BCUT2D eigenvalue weighted by Crippen LogP contribution is -2.37. The van der Waals surface area contributed by atoms with Gasteiger partial charge in [-0.25, -0.2) is 0 Å². The standard InChI is InChI=1S/C22H19N3O3/c26-21(27-19-9-3-5-15-6-4-12-23-20(15)19)16-10-13-25(14-11-16)22-24-17-7-1-2-8-18(17)28-22/h1-9,12,16H,10-11,13-14H2. The highest BCUT2D eigenvalue weighted by atomic mass is 16.5. The second kappa shape index (κ2) is 6.96. The summed E-state index contributed by atoms with van der Waals surface area (Å²) in [6.45, 7) is 1.42. The molecule has 1 saturated heterocycles. The van der Waals surface area contributed by atoms with Crippen LogP contribution in [0.3, 0.4) is 0 Å². The molecule has 1 fully saturated rings. The third-order valence-corrected chi connectivity index (χ3v) is 5.19. The van der Waals surface area contributed by atoms with E-state index >= 15 is 0 Å². The van der Waals surface area contributed by atoms with Crippen LogP contribution in [0.15, 0.2) is 65.2 Å². The molecule has 1 aliphatic rings. The third-order valence-electron chi connectivity index (χ3n) is 5.19. The monoisotopic (exact) mass is 373 g/mol. The maximum absolute atomic E-state index is 12.7. The lowest BCUT2D eigenvalue weighted by molar-refractivity contribution is -0.139. The Morgan fingerprint density at radius 2 is 1.86 bits per heavy atom. The van der Waals surface area contributed by atoms with Crippen LogP contribution in [-0.2, 0) is 4.79 Å². The molecule has 4 aromatic rings. The number of anilines is 1. The van der Waals surface area contributed by atoms with Crippen molar-refractivity contribution in [2.45, 2.75) is 12.8 Å². The molecular weight excluding hydrogens is 354 g/mol. The molecule has 0 spiro atoms. The predicted octanol–water partition coefficient (Wildman–Crippen LogP) is 4.20. The highest BCUT2D eigenvalue weighted by Gasteiger charge is 2.29. The van der Waals surface area contributed by atoms with Gasteiger partial charge in [0.15, 0.2) is 11.3 Å². The maximum atomic E-state index is 12.7. The molecule has 2 aromatic heterocycles. The van der Waals surface area contributed by atoms with Crippen LogP contribution in [0.1, 0.15) is 12.8 Å². The summed E-state index contributed by atoms with van der Waals surface area (Å²) < 4.78 is 11.5. The van der Waals surface area contributed by atoms with E-state index in [2.05, 4.69) is 14.9 Å². The second-order valence-electron chi connectivity index (χ2n) is 6.98. The Morgan fingerprint density at radius 3 is 2.71 bits per heavy atom. The molecule has 0 bridgehead atoms. The van der Waals surface area contributed by atoms with Crippen molar-refractivity contribution in [1.82, 2.24) is 9.97 Å². The third kappa shape index (κ3) is 3.07. The second-order valence-corrected chi connectivity index (χ2v) is 6.98.